The fourth-order valence-corrected chi connectivity index (χ4v) is 0.499. The average molecular weight is 126 g/mol. The van der Waals surface area contributed by atoms with E-state index in [1.54, 1.807) is 6.92 Å². The van der Waals surface area contributed by atoms with Crippen LogP contribution in [-0.4, -0.2) is 16.4 Å². The number of aromatic nitrogens is 2. The van der Waals surface area contributed by atoms with Gasteiger partial charge in [0, 0.05) is 6.92 Å². The summed E-state index contributed by atoms with van der Waals surface area (Å²) in [6, 6.07) is 0. The van der Waals surface area contributed by atoms with Crippen LogP contribution in [0.3, 0.4) is 0 Å². The number of carbonyl (C=O) groups excluding carboxylic acids is 1. The van der Waals surface area contributed by atoms with Crippen LogP contribution >= 0.6 is 0 Å². The Morgan fingerprint density at radius 2 is 2.56 bits per heavy atom. The van der Waals surface area contributed by atoms with E-state index in [0.717, 1.165) is 6.29 Å². The second kappa shape index (κ2) is 2.39. The van der Waals surface area contributed by atoms with Crippen molar-refractivity contribution in [1.82, 2.24) is 10.1 Å². The van der Waals surface area contributed by atoms with E-state index in [1.165, 1.54) is 0 Å². The molecule has 1 heterocycles. The van der Waals surface area contributed by atoms with E-state index in [0.29, 0.717) is 11.7 Å². The van der Waals surface area contributed by atoms with Gasteiger partial charge in [0.25, 0.3) is 0 Å². The molecule has 0 unspecified atom stereocenters. The minimum atomic E-state index is 0.233. The molecule has 9 heavy (non-hydrogen) atoms. The molecule has 0 aliphatic rings. The average Bonchev–Trinajstić information content (AvgIpc) is 2.17. The van der Waals surface area contributed by atoms with Gasteiger partial charge in [-0.1, -0.05) is 5.16 Å². The fraction of sp³-hybridized carbons (Fsp3) is 0.400. The zero-order valence-electron chi connectivity index (χ0n) is 5.00. The van der Waals surface area contributed by atoms with Crippen molar-refractivity contribution in [2.24, 2.45) is 0 Å². The molecule has 1 aromatic rings. The molecule has 0 N–H and O–H groups in total. The number of aryl methyl sites for hydroxylation is 1. The maximum atomic E-state index is 9.86. The minimum Gasteiger partial charge on any atom is -0.340 e. The third-order valence-electron chi connectivity index (χ3n) is 0.836. The van der Waals surface area contributed by atoms with Gasteiger partial charge < -0.3 is 9.32 Å². The summed E-state index contributed by atoms with van der Waals surface area (Å²) in [4.78, 5) is 13.7. The van der Waals surface area contributed by atoms with E-state index in [4.69, 9.17) is 0 Å². The van der Waals surface area contributed by atoms with E-state index in [9.17, 15) is 4.79 Å². The molecule has 0 bridgehead atoms. The van der Waals surface area contributed by atoms with Crippen LogP contribution in [0.15, 0.2) is 4.52 Å². The summed E-state index contributed by atoms with van der Waals surface area (Å²) in [5, 5.41) is 3.49. The Morgan fingerprint density at radius 1 is 1.78 bits per heavy atom. The summed E-state index contributed by atoms with van der Waals surface area (Å²) < 4.78 is 4.60. The largest absolute Gasteiger partial charge is 0.340 e. The standard InChI is InChI=1S/C5H6N2O2/c1-4-6-5(2-3-8)7-9-4/h3H,2H2,1H3. The topological polar surface area (TPSA) is 56.0 Å². The van der Waals surface area contributed by atoms with Gasteiger partial charge in [-0.05, 0) is 0 Å². The van der Waals surface area contributed by atoms with Crippen molar-refractivity contribution in [2.45, 2.75) is 13.3 Å². The van der Waals surface area contributed by atoms with Crippen molar-refractivity contribution < 1.29 is 9.32 Å². The van der Waals surface area contributed by atoms with Crippen LogP contribution in [0.2, 0.25) is 0 Å². The van der Waals surface area contributed by atoms with E-state index in [-0.39, 0.29) is 6.42 Å². The highest BCUT2D eigenvalue weighted by Crippen LogP contribution is 1.92. The van der Waals surface area contributed by atoms with E-state index >= 15 is 0 Å². The molecule has 1 rings (SSSR count). The zero-order valence-corrected chi connectivity index (χ0v) is 5.00. The summed E-state index contributed by atoms with van der Waals surface area (Å²) in [7, 11) is 0. The molecule has 48 valence electrons. The van der Waals surface area contributed by atoms with Gasteiger partial charge in [-0.2, -0.15) is 4.98 Å². The lowest BCUT2D eigenvalue weighted by molar-refractivity contribution is -0.107. The molecule has 0 amide bonds. The minimum absolute atomic E-state index is 0.233. The molecular formula is C5H6N2O2. The highest BCUT2D eigenvalue weighted by molar-refractivity contribution is 5.52. The number of carbonyl (C=O) groups is 1. The predicted molar refractivity (Wildman–Crippen MR) is 28.8 cm³/mol. The Labute approximate surface area is 51.9 Å². The monoisotopic (exact) mass is 126 g/mol. The molecule has 0 saturated heterocycles. The number of hydrogen-bond acceptors (Lipinski definition) is 4. The van der Waals surface area contributed by atoms with Gasteiger partial charge in [-0.3, -0.25) is 0 Å². The Balaban J connectivity index is 2.72. The SMILES string of the molecule is Cc1nc(CC=O)no1. The van der Waals surface area contributed by atoms with Crippen molar-refractivity contribution in [2.75, 3.05) is 0 Å². The number of rotatable bonds is 2. The van der Waals surface area contributed by atoms with Crippen LogP contribution in [-0.2, 0) is 11.2 Å². The van der Waals surface area contributed by atoms with Gasteiger partial charge in [0.1, 0.15) is 6.29 Å². The van der Waals surface area contributed by atoms with Crippen LogP contribution in [0.5, 0.6) is 0 Å². The molecule has 0 aliphatic heterocycles. The van der Waals surface area contributed by atoms with Gasteiger partial charge in [-0.25, -0.2) is 0 Å². The zero-order chi connectivity index (χ0) is 6.69. The molecule has 0 atom stereocenters. The lowest BCUT2D eigenvalue weighted by atomic mass is 10.5. The Hall–Kier alpha value is -1.19. The first kappa shape index (κ1) is 5.94. The third-order valence-corrected chi connectivity index (χ3v) is 0.836. The van der Waals surface area contributed by atoms with Gasteiger partial charge >= 0.3 is 0 Å². The maximum absolute atomic E-state index is 9.86. The van der Waals surface area contributed by atoms with Crippen LogP contribution in [0.1, 0.15) is 11.7 Å². The highest BCUT2D eigenvalue weighted by atomic mass is 16.5. The van der Waals surface area contributed by atoms with Gasteiger partial charge in [0.05, 0.1) is 6.42 Å². The Kier molecular flexibility index (Phi) is 1.58. The first-order valence-electron chi connectivity index (χ1n) is 2.56. The van der Waals surface area contributed by atoms with Crippen molar-refractivity contribution in [3.63, 3.8) is 0 Å². The van der Waals surface area contributed by atoms with Crippen molar-refractivity contribution in [1.29, 1.82) is 0 Å². The molecule has 0 aliphatic carbocycles. The Morgan fingerprint density at radius 3 is 3.00 bits per heavy atom. The molecule has 0 radical (unpaired) electrons. The van der Waals surface area contributed by atoms with Crippen LogP contribution in [0, 0.1) is 6.92 Å². The van der Waals surface area contributed by atoms with Crippen LogP contribution in [0.4, 0.5) is 0 Å². The number of nitrogens with zero attached hydrogens (tertiary/aromatic N) is 2. The predicted octanol–water partition coefficient (Wildman–Crippen LogP) is 0.119. The fourth-order valence-electron chi connectivity index (χ4n) is 0.499. The molecule has 1 aromatic heterocycles. The van der Waals surface area contributed by atoms with E-state index in [2.05, 4.69) is 14.7 Å². The molecule has 0 aromatic carbocycles. The van der Waals surface area contributed by atoms with Gasteiger partial charge in [-0.15, -0.1) is 0 Å². The van der Waals surface area contributed by atoms with Crippen molar-refractivity contribution >= 4 is 6.29 Å². The van der Waals surface area contributed by atoms with Crippen molar-refractivity contribution in [3.05, 3.63) is 11.7 Å². The van der Waals surface area contributed by atoms with E-state index in [1.807, 2.05) is 0 Å². The summed E-state index contributed by atoms with van der Waals surface area (Å²) >= 11 is 0. The molecule has 0 spiro atoms. The number of aldehydes is 1. The second-order valence-electron chi connectivity index (χ2n) is 1.60. The van der Waals surface area contributed by atoms with Crippen LogP contribution < -0.4 is 0 Å². The quantitative estimate of drug-likeness (QED) is 0.528. The molecule has 0 fully saturated rings. The number of hydrogen-bond donors (Lipinski definition) is 0. The smallest absolute Gasteiger partial charge is 0.223 e. The van der Waals surface area contributed by atoms with Gasteiger partial charge in [0.2, 0.25) is 5.89 Å². The summed E-state index contributed by atoms with van der Waals surface area (Å²) in [5.41, 5.74) is 0. The van der Waals surface area contributed by atoms with Gasteiger partial charge in [0.15, 0.2) is 5.82 Å². The molecule has 0 saturated carbocycles. The summed E-state index contributed by atoms with van der Waals surface area (Å²) in [5.74, 6) is 0.939. The van der Waals surface area contributed by atoms with Crippen molar-refractivity contribution in [3.8, 4) is 0 Å². The Bertz CT molecular complexity index is 206. The van der Waals surface area contributed by atoms with Crippen LogP contribution in [0.25, 0.3) is 0 Å². The second-order valence-corrected chi connectivity index (χ2v) is 1.60. The third kappa shape index (κ3) is 1.35. The molecular weight excluding hydrogens is 120 g/mol. The summed E-state index contributed by atoms with van der Waals surface area (Å²) in [6.07, 6.45) is 0.974. The normalized spacial score (nSPS) is 9.44. The molecule has 4 heteroatoms. The lowest BCUT2D eigenvalue weighted by Crippen LogP contribution is -1.87. The first-order valence-corrected chi connectivity index (χ1v) is 2.56. The lowest BCUT2D eigenvalue weighted by Gasteiger charge is -1.73. The summed E-state index contributed by atoms with van der Waals surface area (Å²) in [6.45, 7) is 1.68. The van der Waals surface area contributed by atoms with E-state index < -0.39 is 0 Å². The maximum Gasteiger partial charge on any atom is 0.223 e. The molecule has 4 nitrogen and oxygen atoms in total. The highest BCUT2D eigenvalue weighted by Gasteiger charge is 1.98. The first-order chi connectivity index (χ1) is 4.33.